The third-order valence-corrected chi connectivity index (χ3v) is 5.15. The first-order chi connectivity index (χ1) is 12.7. The summed E-state index contributed by atoms with van der Waals surface area (Å²) in [5.41, 5.74) is 2.05. The highest BCUT2D eigenvalue weighted by atomic mass is 16.5. The number of benzene rings is 1. The van der Waals surface area contributed by atoms with Crippen LogP contribution in [0.15, 0.2) is 46.7 Å². The molecule has 4 heteroatoms. The van der Waals surface area contributed by atoms with Crippen LogP contribution in [0.25, 0.3) is 17.2 Å². The normalized spacial score (nSPS) is 22.0. The number of hydrogen-bond acceptors (Lipinski definition) is 3. The molecule has 0 bridgehead atoms. The van der Waals surface area contributed by atoms with Gasteiger partial charge in [0, 0.05) is 12.6 Å². The topological polar surface area (TPSA) is 29.5 Å². The van der Waals surface area contributed by atoms with Crippen LogP contribution >= 0.6 is 0 Å². The fraction of sp³-hybridized carbons (Fsp3) is 0.500. The maximum atomic E-state index is 6.26. The minimum Gasteiger partial charge on any atom is -0.474 e. The summed E-state index contributed by atoms with van der Waals surface area (Å²) in [6, 6.07) is 8.64. The molecule has 26 heavy (non-hydrogen) atoms. The van der Waals surface area contributed by atoms with Crippen molar-refractivity contribution in [1.29, 1.82) is 0 Å². The summed E-state index contributed by atoms with van der Waals surface area (Å²) in [7, 11) is 0. The van der Waals surface area contributed by atoms with Gasteiger partial charge in [-0.05, 0) is 44.9 Å². The van der Waals surface area contributed by atoms with E-state index in [4.69, 9.17) is 9.15 Å². The van der Waals surface area contributed by atoms with Crippen LogP contribution < -0.4 is 4.57 Å². The zero-order chi connectivity index (χ0) is 18.5. The van der Waals surface area contributed by atoms with E-state index in [1.54, 1.807) is 0 Å². The van der Waals surface area contributed by atoms with Gasteiger partial charge in [0.05, 0.1) is 12.1 Å². The Kier molecular flexibility index (Phi) is 6.02. The van der Waals surface area contributed by atoms with Crippen LogP contribution in [0.4, 0.5) is 0 Å². The summed E-state index contributed by atoms with van der Waals surface area (Å²) in [4.78, 5) is 2.39. The fourth-order valence-electron chi connectivity index (χ4n) is 3.93. The van der Waals surface area contributed by atoms with E-state index in [1.165, 1.54) is 0 Å². The monoisotopic (exact) mass is 355 g/mol. The van der Waals surface area contributed by atoms with E-state index in [-0.39, 0.29) is 0 Å². The zero-order valence-corrected chi connectivity index (χ0v) is 16.4. The van der Waals surface area contributed by atoms with Gasteiger partial charge in [-0.15, -0.1) is 0 Å². The zero-order valence-electron chi connectivity index (χ0n) is 16.4. The summed E-state index contributed by atoms with van der Waals surface area (Å²) < 4.78 is 14.4. The van der Waals surface area contributed by atoms with E-state index in [9.17, 15) is 0 Å². The molecule has 0 aliphatic carbocycles. The maximum Gasteiger partial charge on any atom is 0.374 e. The first-order valence-corrected chi connectivity index (χ1v) is 9.96. The summed E-state index contributed by atoms with van der Waals surface area (Å²) in [6.45, 7) is 10.6. The molecule has 2 unspecified atom stereocenters. The molecule has 2 atom stereocenters. The number of fused-ring (bicyclic) bond motifs is 1. The number of para-hydroxylation sites is 2. The maximum absolute atomic E-state index is 6.26. The second kappa shape index (κ2) is 8.43. The van der Waals surface area contributed by atoms with Crippen molar-refractivity contribution >= 4 is 17.2 Å². The van der Waals surface area contributed by atoms with Crippen LogP contribution in [0.1, 0.15) is 52.8 Å². The third-order valence-electron chi connectivity index (χ3n) is 5.15. The lowest BCUT2D eigenvalue weighted by Gasteiger charge is -2.23. The summed E-state index contributed by atoms with van der Waals surface area (Å²) in [6.07, 6.45) is 9.82. The minimum atomic E-state index is 0.302. The van der Waals surface area contributed by atoms with E-state index in [0.717, 1.165) is 55.2 Å². The highest BCUT2D eigenvalue weighted by molar-refractivity contribution is 5.69. The molecule has 140 valence electrons. The molecule has 1 fully saturated rings. The first-order valence-electron chi connectivity index (χ1n) is 9.96. The molecular weight excluding hydrogens is 324 g/mol. The molecule has 2 heterocycles. The molecule has 3 rings (SSSR count). The van der Waals surface area contributed by atoms with Crippen LogP contribution in [0, 0.1) is 0 Å². The number of aryl methyl sites for hydroxylation is 1. The van der Waals surface area contributed by atoms with Crippen molar-refractivity contribution in [1.82, 2.24) is 4.90 Å². The van der Waals surface area contributed by atoms with Gasteiger partial charge in [-0.1, -0.05) is 32.4 Å². The number of rotatable bonds is 7. The Hall–Kier alpha value is -2.23. The molecule has 1 aromatic heterocycles. The third kappa shape index (κ3) is 3.50. The standard InChI is InChI=1S/C22H31N2O2/c1-5-12-19-17(6-2)23(7-3)21(25-19)15-11-16-22-24(8-4)18-13-9-10-14-20(18)26-22/h9-11,13-17,19H,5-8,12H2,1-4H3/q+1. The Morgan fingerprint density at radius 1 is 1.15 bits per heavy atom. The van der Waals surface area contributed by atoms with E-state index >= 15 is 0 Å². The van der Waals surface area contributed by atoms with Crippen molar-refractivity contribution in [3.63, 3.8) is 0 Å². The van der Waals surface area contributed by atoms with Crippen LogP contribution in [-0.4, -0.2) is 23.6 Å². The van der Waals surface area contributed by atoms with E-state index in [1.807, 2.05) is 30.4 Å². The van der Waals surface area contributed by atoms with E-state index in [2.05, 4.69) is 49.3 Å². The van der Waals surface area contributed by atoms with Gasteiger partial charge >= 0.3 is 5.89 Å². The van der Waals surface area contributed by atoms with Crippen molar-refractivity contribution in [2.24, 2.45) is 0 Å². The molecular formula is C22H31N2O2+. The second-order valence-corrected chi connectivity index (χ2v) is 6.72. The lowest BCUT2D eigenvalue weighted by molar-refractivity contribution is -0.674. The van der Waals surface area contributed by atoms with Crippen molar-refractivity contribution in [2.75, 3.05) is 6.54 Å². The van der Waals surface area contributed by atoms with E-state index < -0.39 is 0 Å². The Morgan fingerprint density at radius 3 is 2.65 bits per heavy atom. The van der Waals surface area contributed by atoms with Crippen molar-refractivity contribution in [2.45, 2.75) is 65.6 Å². The SMILES string of the molecule is CCCC1OC(=CC=Cc2oc3ccccc3[n+]2CC)N(CC)C1CC. The molecule has 4 nitrogen and oxygen atoms in total. The molecule has 2 aromatic rings. The van der Waals surface area contributed by atoms with Crippen LogP contribution in [0.5, 0.6) is 0 Å². The van der Waals surface area contributed by atoms with Crippen molar-refractivity contribution < 1.29 is 13.7 Å². The molecule has 1 aromatic carbocycles. The van der Waals surface area contributed by atoms with Gasteiger partial charge in [-0.2, -0.15) is 4.57 Å². The number of allylic oxidation sites excluding steroid dienone is 2. The predicted molar refractivity (Wildman–Crippen MR) is 105 cm³/mol. The average molecular weight is 356 g/mol. The van der Waals surface area contributed by atoms with Crippen LogP contribution in [0.3, 0.4) is 0 Å². The van der Waals surface area contributed by atoms with Gasteiger partial charge < -0.3 is 14.1 Å². The molecule has 0 amide bonds. The molecule has 0 saturated carbocycles. The number of oxazole rings is 1. The number of ether oxygens (including phenoxy) is 1. The van der Waals surface area contributed by atoms with Gasteiger partial charge in [-0.25, -0.2) is 0 Å². The van der Waals surface area contributed by atoms with Gasteiger partial charge in [0.2, 0.25) is 5.58 Å². The Balaban J connectivity index is 1.84. The predicted octanol–water partition coefficient (Wildman–Crippen LogP) is 4.89. The quantitative estimate of drug-likeness (QED) is 0.662. The molecule has 1 saturated heterocycles. The first kappa shape index (κ1) is 18.6. The lowest BCUT2D eigenvalue weighted by atomic mass is 10.0. The largest absolute Gasteiger partial charge is 0.474 e. The van der Waals surface area contributed by atoms with Crippen LogP contribution in [-0.2, 0) is 11.3 Å². The van der Waals surface area contributed by atoms with Gasteiger partial charge in [-0.3, -0.25) is 0 Å². The lowest BCUT2D eigenvalue weighted by Crippen LogP contribution is -2.34. The number of likely N-dealkylation sites (N-methyl/N-ethyl adjacent to an activating group) is 1. The van der Waals surface area contributed by atoms with Crippen LogP contribution in [0.2, 0.25) is 0 Å². The van der Waals surface area contributed by atoms with Gasteiger partial charge in [0.25, 0.3) is 5.52 Å². The summed E-state index contributed by atoms with van der Waals surface area (Å²) in [5.74, 6) is 1.84. The number of aromatic nitrogens is 1. The molecule has 1 aliphatic rings. The molecule has 1 aliphatic heterocycles. The second-order valence-electron chi connectivity index (χ2n) is 6.72. The highest BCUT2D eigenvalue weighted by Crippen LogP contribution is 2.30. The highest BCUT2D eigenvalue weighted by Gasteiger charge is 2.35. The number of hydrogen-bond donors (Lipinski definition) is 0. The minimum absolute atomic E-state index is 0.302. The number of nitrogens with zero attached hydrogens (tertiary/aromatic N) is 2. The fourth-order valence-corrected chi connectivity index (χ4v) is 3.93. The van der Waals surface area contributed by atoms with E-state index in [0.29, 0.717) is 12.1 Å². The Morgan fingerprint density at radius 2 is 1.96 bits per heavy atom. The summed E-state index contributed by atoms with van der Waals surface area (Å²) in [5, 5.41) is 0. The van der Waals surface area contributed by atoms with Crippen molar-refractivity contribution in [3.05, 3.63) is 48.2 Å². The van der Waals surface area contributed by atoms with Crippen molar-refractivity contribution in [3.8, 4) is 0 Å². The molecule has 0 spiro atoms. The van der Waals surface area contributed by atoms with Gasteiger partial charge in [0.1, 0.15) is 12.6 Å². The Labute approximate surface area is 156 Å². The average Bonchev–Trinajstić information content (AvgIpc) is 3.18. The van der Waals surface area contributed by atoms with Gasteiger partial charge in [0.15, 0.2) is 5.88 Å². The smallest absolute Gasteiger partial charge is 0.374 e. The molecule has 0 N–H and O–H groups in total. The Bertz CT molecular complexity index is 791. The summed E-state index contributed by atoms with van der Waals surface area (Å²) >= 11 is 0. The molecule has 0 radical (unpaired) electrons.